The minimum Gasteiger partial charge on any atom is -0.289 e. The van der Waals surface area contributed by atoms with Crippen molar-refractivity contribution in [1.29, 1.82) is 0 Å². The van der Waals surface area contributed by atoms with Crippen LogP contribution in [0.5, 0.6) is 0 Å². The third-order valence-corrected chi connectivity index (χ3v) is 4.32. The summed E-state index contributed by atoms with van der Waals surface area (Å²) in [6.45, 7) is 4.00. The predicted molar refractivity (Wildman–Crippen MR) is 81.2 cm³/mol. The molecule has 0 atom stereocenters. The summed E-state index contributed by atoms with van der Waals surface area (Å²) in [5.41, 5.74) is 3.76. The number of hydrogen-bond acceptors (Lipinski definition) is 2. The Hall–Kier alpha value is -1.93. The zero-order chi connectivity index (χ0) is 13.4. The molecule has 1 aromatic heterocycles. The molecule has 0 radical (unpaired) electrons. The van der Waals surface area contributed by atoms with Gasteiger partial charge in [0, 0.05) is 15.8 Å². The molecular weight excluding hydrogens is 252 g/mol. The van der Waals surface area contributed by atoms with Crippen molar-refractivity contribution in [1.82, 2.24) is 0 Å². The maximum atomic E-state index is 12.7. The Bertz CT molecular complexity index is 768. The Balaban J connectivity index is 2.19. The molecular formula is C17H14OS. The van der Waals surface area contributed by atoms with Crippen LogP contribution in [0.3, 0.4) is 0 Å². The lowest BCUT2D eigenvalue weighted by molar-refractivity contribution is 0.104. The quantitative estimate of drug-likeness (QED) is 0.612. The lowest BCUT2D eigenvalue weighted by Crippen LogP contribution is -2.04. The van der Waals surface area contributed by atoms with E-state index in [1.54, 1.807) is 11.3 Å². The van der Waals surface area contributed by atoms with Gasteiger partial charge < -0.3 is 0 Å². The molecule has 94 valence electrons. The molecule has 0 aliphatic heterocycles. The lowest BCUT2D eigenvalue weighted by Gasteiger charge is -2.07. The summed E-state index contributed by atoms with van der Waals surface area (Å²) in [5.74, 6) is 0.120. The second kappa shape index (κ2) is 4.63. The lowest BCUT2D eigenvalue weighted by atomic mass is 9.97. The van der Waals surface area contributed by atoms with E-state index < -0.39 is 0 Å². The van der Waals surface area contributed by atoms with Crippen molar-refractivity contribution in [3.8, 4) is 0 Å². The summed E-state index contributed by atoms with van der Waals surface area (Å²) in [4.78, 5) is 12.7. The standard InChI is InChI=1S/C17H14OS/c1-11-6-7-12(2)15(10-11)16(18)14-5-3-4-13-8-9-19-17(13)14/h3-10H,1-2H3. The monoisotopic (exact) mass is 266 g/mol. The average Bonchev–Trinajstić information content (AvgIpc) is 2.89. The van der Waals surface area contributed by atoms with Gasteiger partial charge in [-0.25, -0.2) is 0 Å². The number of aryl methyl sites for hydroxylation is 2. The number of carbonyl (C=O) groups excluding carboxylic acids is 1. The second-order valence-electron chi connectivity index (χ2n) is 4.79. The Kier molecular flexibility index (Phi) is 2.96. The summed E-state index contributed by atoms with van der Waals surface area (Å²) in [7, 11) is 0. The highest BCUT2D eigenvalue weighted by molar-refractivity contribution is 7.17. The highest BCUT2D eigenvalue weighted by Gasteiger charge is 2.15. The van der Waals surface area contributed by atoms with Crippen LogP contribution in [0.15, 0.2) is 47.8 Å². The van der Waals surface area contributed by atoms with Gasteiger partial charge in [0.2, 0.25) is 0 Å². The minimum absolute atomic E-state index is 0.120. The summed E-state index contributed by atoms with van der Waals surface area (Å²) in [5, 5.41) is 3.17. The van der Waals surface area contributed by atoms with Gasteiger partial charge in [0.15, 0.2) is 5.78 Å². The Morgan fingerprint density at radius 1 is 1.00 bits per heavy atom. The molecule has 0 fully saturated rings. The SMILES string of the molecule is Cc1ccc(C)c(C(=O)c2cccc3ccsc23)c1. The van der Waals surface area contributed by atoms with Crippen molar-refractivity contribution in [2.75, 3.05) is 0 Å². The van der Waals surface area contributed by atoms with Crippen LogP contribution in [0.25, 0.3) is 10.1 Å². The number of thiophene rings is 1. The molecule has 0 spiro atoms. The van der Waals surface area contributed by atoms with E-state index >= 15 is 0 Å². The zero-order valence-electron chi connectivity index (χ0n) is 10.9. The van der Waals surface area contributed by atoms with Crippen LogP contribution in [-0.4, -0.2) is 5.78 Å². The van der Waals surface area contributed by atoms with E-state index in [4.69, 9.17) is 0 Å². The fourth-order valence-corrected chi connectivity index (χ4v) is 3.21. The van der Waals surface area contributed by atoms with E-state index in [-0.39, 0.29) is 5.78 Å². The predicted octanol–water partition coefficient (Wildman–Crippen LogP) is 4.75. The van der Waals surface area contributed by atoms with Gasteiger partial charge in [-0.2, -0.15) is 0 Å². The molecule has 0 saturated heterocycles. The van der Waals surface area contributed by atoms with Crippen molar-refractivity contribution < 1.29 is 4.79 Å². The molecule has 0 aliphatic carbocycles. The first-order valence-corrected chi connectivity index (χ1v) is 7.13. The topological polar surface area (TPSA) is 17.1 Å². The van der Waals surface area contributed by atoms with E-state index in [1.165, 1.54) is 0 Å². The minimum atomic E-state index is 0.120. The van der Waals surface area contributed by atoms with E-state index in [0.29, 0.717) is 0 Å². The van der Waals surface area contributed by atoms with Crippen LogP contribution < -0.4 is 0 Å². The largest absolute Gasteiger partial charge is 0.289 e. The fraction of sp³-hybridized carbons (Fsp3) is 0.118. The van der Waals surface area contributed by atoms with Crippen molar-refractivity contribution in [3.63, 3.8) is 0 Å². The van der Waals surface area contributed by atoms with E-state index in [1.807, 2.05) is 55.6 Å². The van der Waals surface area contributed by atoms with E-state index in [9.17, 15) is 4.79 Å². The summed E-state index contributed by atoms with van der Waals surface area (Å²) in [6, 6.07) is 14.0. The molecule has 0 unspecified atom stereocenters. The molecule has 0 saturated carbocycles. The number of hydrogen-bond donors (Lipinski definition) is 0. The smallest absolute Gasteiger partial charge is 0.194 e. The Morgan fingerprint density at radius 3 is 2.68 bits per heavy atom. The van der Waals surface area contributed by atoms with Gasteiger partial charge in [-0.1, -0.05) is 29.8 Å². The van der Waals surface area contributed by atoms with Gasteiger partial charge in [-0.3, -0.25) is 4.79 Å². The van der Waals surface area contributed by atoms with Crippen LogP contribution in [0.2, 0.25) is 0 Å². The zero-order valence-corrected chi connectivity index (χ0v) is 11.8. The van der Waals surface area contributed by atoms with Gasteiger partial charge in [0.25, 0.3) is 0 Å². The van der Waals surface area contributed by atoms with Crippen molar-refractivity contribution in [3.05, 3.63) is 70.1 Å². The fourth-order valence-electron chi connectivity index (χ4n) is 2.30. The van der Waals surface area contributed by atoms with Crippen LogP contribution in [-0.2, 0) is 0 Å². The number of benzene rings is 2. The summed E-state index contributed by atoms with van der Waals surface area (Å²) in [6.07, 6.45) is 0. The Labute approximate surface area is 116 Å². The molecule has 0 N–H and O–H groups in total. The van der Waals surface area contributed by atoms with Crippen molar-refractivity contribution in [2.45, 2.75) is 13.8 Å². The number of carbonyl (C=O) groups is 1. The molecule has 0 bridgehead atoms. The first-order valence-electron chi connectivity index (χ1n) is 6.25. The molecule has 19 heavy (non-hydrogen) atoms. The first-order chi connectivity index (χ1) is 9.16. The highest BCUT2D eigenvalue weighted by Crippen LogP contribution is 2.27. The van der Waals surface area contributed by atoms with E-state index in [2.05, 4.69) is 6.07 Å². The van der Waals surface area contributed by atoms with Crippen LogP contribution in [0.4, 0.5) is 0 Å². The van der Waals surface area contributed by atoms with Crippen molar-refractivity contribution >= 4 is 27.2 Å². The Morgan fingerprint density at radius 2 is 1.84 bits per heavy atom. The molecule has 2 heteroatoms. The van der Waals surface area contributed by atoms with E-state index in [0.717, 1.165) is 32.3 Å². The number of rotatable bonds is 2. The molecule has 0 amide bonds. The molecule has 1 heterocycles. The average molecular weight is 266 g/mol. The van der Waals surface area contributed by atoms with Gasteiger partial charge in [-0.05, 0) is 48.4 Å². The normalized spacial score (nSPS) is 10.8. The van der Waals surface area contributed by atoms with Crippen LogP contribution in [0.1, 0.15) is 27.0 Å². The van der Waals surface area contributed by atoms with Gasteiger partial charge in [0.1, 0.15) is 0 Å². The number of ketones is 1. The summed E-state index contributed by atoms with van der Waals surface area (Å²) >= 11 is 1.63. The molecule has 3 rings (SSSR count). The third kappa shape index (κ3) is 2.08. The van der Waals surface area contributed by atoms with Crippen molar-refractivity contribution in [2.24, 2.45) is 0 Å². The maximum Gasteiger partial charge on any atom is 0.194 e. The molecule has 1 nitrogen and oxygen atoms in total. The summed E-state index contributed by atoms with van der Waals surface area (Å²) < 4.78 is 1.08. The van der Waals surface area contributed by atoms with Gasteiger partial charge in [-0.15, -0.1) is 11.3 Å². The van der Waals surface area contributed by atoms with Gasteiger partial charge in [0.05, 0.1) is 0 Å². The maximum absolute atomic E-state index is 12.7. The number of fused-ring (bicyclic) bond motifs is 1. The molecule has 0 aliphatic rings. The van der Waals surface area contributed by atoms with Crippen LogP contribution in [0, 0.1) is 13.8 Å². The molecule has 3 aromatic rings. The first kappa shape index (κ1) is 12.1. The van der Waals surface area contributed by atoms with Crippen LogP contribution >= 0.6 is 11.3 Å². The molecule has 2 aromatic carbocycles. The highest BCUT2D eigenvalue weighted by atomic mass is 32.1. The second-order valence-corrected chi connectivity index (χ2v) is 5.71. The third-order valence-electron chi connectivity index (χ3n) is 3.36. The van der Waals surface area contributed by atoms with Gasteiger partial charge >= 0.3 is 0 Å².